The van der Waals surface area contributed by atoms with Crippen LogP contribution in [0.15, 0.2) is 18.2 Å². The number of hydrogen-bond donors (Lipinski definition) is 2. The molecule has 0 radical (unpaired) electrons. The Balaban J connectivity index is 2.86. The Bertz CT molecular complexity index is 447. The van der Waals surface area contributed by atoms with E-state index in [0.29, 0.717) is 5.92 Å². The average molecular weight is 291 g/mol. The Morgan fingerprint density at radius 3 is 2.38 bits per heavy atom. The van der Waals surface area contributed by atoms with Gasteiger partial charge in [0.15, 0.2) is 0 Å². The smallest absolute Gasteiger partial charge is 0.0696 e. The number of aliphatic hydroxyl groups is 1. The molecule has 3 unspecified atom stereocenters. The minimum atomic E-state index is -0.417. The number of hydrogen-bond acceptors (Lipinski definition) is 2. The zero-order valence-corrected chi connectivity index (χ0v) is 14.6. The molecule has 0 bridgehead atoms. The van der Waals surface area contributed by atoms with Gasteiger partial charge in [-0.2, -0.15) is 0 Å². The van der Waals surface area contributed by atoms with Crippen LogP contribution in [0.4, 0.5) is 0 Å². The summed E-state index contributed by atoms with van der Waals surface area (Å²) in [4.78, 5) is 0. The second-order valence-electron chi connectivity index (χ2n) is 7.48. The van der Waals surface area contributed by atoms with Gasteiger partial charge in [-0.05, 0) is 47.8 Å². The van der Waals surface area contributed by atoms with Crippen LogP contribution in [-0.4, -0.2) is 17.3 Å². The molecule has 0 saturated carbocycles. The Morgan fingerprint density at radius 1 is 1.24 bits per heavy atom. The van der Waals surface area contributed by atoms with Crippen molar-refractivity contribution in [3.05, 3.63) is 34.9 Å². The van der Waals surface area contributed by atoms with Gasteiger partial charge in [-0.15, -0.1) is 0 Å². The van der Waals surface area contributed by atoms with E-state index in [4.69, 9.17) is 5.73 Å². The van der Waals surface area contributed by atoms with E-state index in [-0.39, 0.29) is 11.5 Å². The van der Waals surface area contributed by atoms with Crippen LogP contribution >= 0.6 is 0 Å². The average Bonchev–Trinajstić information content (AvgIpc) is 2.37. The summed E-state index contributed by atoms with van der Waals surface area (Å²) in [5.74, 6) is 0.324. The molecule has 21 heavy (non-hydrogen) atoms. The van der Waals surface area contributed by atoms with Crippen LogP contribution in [0.25, 0.3) is 0 Å². The Hall–Kier alpha value is -0.860. The summed E-state index contributed by atoms with van der Waals surface area (Å²) in [5, 5.41) is 10.2. The van der Waals surface area contributed by atoms with Crippen LogP contribution in [0.2, 0.25) is 0 Å². The van der Waals surface area contributed by atoms with Gasteiger partial charge in [0.1, 0.15) is 0 Å². The highest BCUT2D eigenvalue weighted by atomic mass is 16.3. The molecule has 3 N–H and O–H groups in total. The topological polar surface area (TPSA) is 46.2 Å². The molecule has 0 fully saturated rings. The van der Waals surface area contributed by atoms with Crippen molar-refractivity contribution in [1.82, 2.24) is 0 Å². The summed E-state index contributed by atoms with van der Waals surface area (Å²) >= 11 is 0. The molecule has 0 amide bonds. The molecule has 1 rings (SSSR count). The summed E-state index contributed by atoms with van der Waals surface area (Å²) in [6, 6.07) is 6.58. The summed E-state index contributed by atoms with van der Waals surface area (Å²) in [6.45, 7) is 13.2. The molecule has 2 heteroatoms. The van der Waals surface area contributed by atoms with Crippen LogP contribution in [0, 0.1) is 6.92 Å². The Morgan fingerprint density at radius 2 is 1.86 bits per heavy atom. The molecule has 1 aromatic carbocycles. The second-order valence-corrected chi connectivity index (χ2v) is 7.48. The van der Waals surface area contributed by atoms with E-state index in [1.165, 1.54) is 16.7 Å². The fourth-order valence-electron chi connectivity index (χ4n) is 2.95. The standard InChI is InChI=1S/C19H33NO/c1-7-8-17(20)18(21)11-14(3)15-10-9-13(2)16(12-15)19(4,5)6/h9-10,12,14,17-18,21H,7-8,11,20H2,1-6H3. The molecule has 1 aromatic rings. The van der Waals surface area contributed by atoms with Gasteiger partial charge >= 0.3 is 0 Å². The van der Waals surface area contributed by atoms with Crippen molar-refractivity contribution in [2.45, 2.75) is 84.3 Å². The number of aliphatic hydroxyl groups excluding tert-OH is 1. The molecule has 0 aromatic heterocycles. The number of nitrogens with two attached hydrogens (primary N) is 1. The number of rotatable bonds is 6. The van der Waals surface area contributed by atoms with Crippen molar-refractivity contribution in [1.29, 1.82) is 0 Å². The monoisotopic (exact) mass is 291 g/mol. The van der Waals surface area contributed by atoms with Crippen molar-refractivity contribution in [3.8, 4) is 0 Å². The first kappa shape index (κ1) is 18.2. The molecular formula is C19H33NO. The van der Waals surface area contributed by atoms with Crippen molar-refractivity contribution in [2.24, 2.45) is 5.73 Å². The maximum Gasteiger partial charge on any atom is 0.0696 e. The molecule has 2 nitrogen and oxygen atoms in total. The van der Waals surface area contributed by atoms with Crippen LogP contribution in [0.1, 0.15) is 76.5 Å². The zero-order chi connectivity index (χ0) is 16.2. The predicted molar refractivity (Wildman–Crippen MR) is 91.8 cm³/mol. The highest BCUT2D eigenvalue weighted by Gasteiger charge is 2.21. The lowest BCUT2D eigenvalue weighted by atomic mass is 9.81. The number of aryl methyl sites for hydroxylation is 1. The molecule has 0 aliphatic rings. The van der Waals surface area contributed by atoms with Crippen LogP contribution < -0.4 is 5.73 Å². The molecule has 0 heterocycles. The van der Waals surface area contributed by atoms with Crippen molar-refractivity contribution in [2.75, 3.05) is 0 Å². The summed E-state index contributed by atoms with van der Waals surface area (Å²) in [5.41, 5.74) is 10.2. The second kappa shape index (κ2) is 7.42. The minimum Gasteiger partial charge on any atom is -0.391 e. The lowest BCUT2D eigenvalue weighted by Crippen LogP contribution is -2.35. The Kier molecular flexibility index (Phi) is 6.42. The van der Waals surface area contributed by atoms with Gasteiger partial charge in [0.05, 0.1) is 6.10 Å². The lowest BCUT2D eigenvalue weighted by molar-refractivity contribution is 0.124. The molecule has 3 atom stereocenters. The first-order valence-corrected chi connectivity index (χ1v) is 8.21. The number of benzene rings is 1. The summed E-state index contributed by atoms with van der Waals surface area (Å²) < 4.78 is 0. The highest BCUT2D eigenvalue weighted by Crippen LogP contribution is 2.30. The zero-order valence-electron chi connectivity index (χ0n) is 14.6. The first-order valence-electron chi connectivity index (χ1n) is 8.21. The summed E-state index contributed by atoms with van der Waals surface area (Å²) in [7, 11) is 0. The maximum absolute atomic E-state index is 10.2. The lowest BCUT2D eigenvalue weighted by Gasteiger charge is -2.26. The van der Waals surface area contributed by atoms with Gasteiger partial charge < -0.3 is 10.8 Å². The van der Waals surface area contributed by atoms with Gasteiger partial charge in [0, 0.05) is 6.04 Å². The Labute approximate surface area is 130 Å². The van der Waals surface area contributed by atoms with E-state index >= 15 is 0 Å². The molecule has 0 aliphatic heterocycles. The van der Waals surface area contributed by atoms with Gasteiger partial charge in [-0.25, -0.2) is 0 Å². The third-order valence-electron chi connectivity index (χ3n) is 4.35. The summed E-state index contributed by atoms with van der Waals surface area (Å²) in [6.07, 6.45) is 2.22. The fourth-order valence-corrected chi connectivity index (χ4v) is 2.95. The van der Waals surface area contributed by atoms with E-state index in [1.54, 1.807) is 0 Å². The quantitative estimate of drug-likeness (QED) is 0.822. The van der Waals surface area contributed by atoms with Crippen LogP contribution in [0.5, 0.6) is 0 Å². The first-order chi connectivity index (χ1) is 9.66. The van der Waals surface area contributed by atoms with Crippen LogP contribution in [0.3, 0.4) is 0 Å². The van der Waals surface area contributed by atoms with Gasteiger partial charge in [-0.1, -0.05) is 59.2 Å². The maximum atomic E-state index is 10.2. The van der Waals surface area contributed by atoms with E-state index in [2.05, 4.69) is 59.7 Å². The van der Waals surface area contributed by atoms with E-state index in [9.17, 15) is 5.11 Å². The normalized spacial score (nSPS) is 16.6. The SMILES string of the molecule is CCCC(N)C(O)CC(C)c1ccc(C)c(C(C)(C)C)c1. The van der Waals surface area contributed by atoms with Crippen LogP contribution in [-0.2, 0) is 5.41 Å². The molecule has 120 valence electrons. The molecular weight excluding hydrogens is 258 g/mol. The van der Waals surface area contributed by atoms with E-state index in [0.717, 1.165) is 19.3 Å². The predicted octanol–water partition coefficient (Wildman–Crippen LogP) is 4.27. The van der Waals surface area contributed by atoms with Gasteiger partial charge in [-0.3, -0.25) is 0 Å². The molecule has 0 aliphatic carbocycles. The highest BCUT2D eigenvalue weighted by molar-refractivity contribution is 5.37. The fraction of sp³-hybridized carbons (Fsp3) is 0.684. The van der Waals surface area contributed by atoms with Crippen molar-refractivity contribution >= 4 is 0 Å². The van der Waals surface area contributed by atoms with Gasteiger partial charge in [0.2, 0.25) is 0 Å². The van der Waals surface area contributed by atoms with Crippen molar-refractivity contribution in [3.63, 3.8) is 0 Å². The van der Waals surface area contributed by atoms with E-state index < -0.39 is 6.10 Å². The van der Waals surface area contributed by atoms with E-state index in [1.807, 2.05) is 0 Å². The molecule has 0 spiro atoms. The van der Waals surface area contributed by atoms with Crippen molar-refractivity contribution < 1.29 is 5.11 Å². The third-order valence-corrected chi connectivity index (χ3v) is 4.35. The largest absolute Gasteiger partial charge is 0.391 e. The van der Waals surface area contributed by atoms with Gasteiger partial charge in [0.25, 0.3) is 0 Å². The third kappa shape index (κ3) is 5.12. The minimum absolute atomic E-state index is 0.106. The molecule has 0 saturated heterocycles.